The number of rotatable bonds is 7. The molecule has 7 nitrogen and oxygen atoms in total. The Morgan fingerprint density at radius 1 is 1.05 bits per heavy atom. The number of nitrogens with zero attached hydrogens (tertiary/aromatic N) is 2. The Bertz CT molecular complexity index is 1500. The van der Waals surface area contributed by atoms with E-state index in [1.165, 1.54) is 30.5 Å². The lowest BCUT2D eigenvalue weighted by Crippen LogP contribution is -2.43. The van der Waals surface area contributed by atoms with Gasteiger partial charge in [0.15, 0.2) is 0 Å². The minimum Gasteiger partial charge on any atom is -0.356 e. The molecule has 2 amide bonds. The Hall–Kier alpha value is -4.67. The third-order valence-electron chi connectivity index (χ3n) is 6.22. The van der Waals surface area contributed by atoms with Crippen molar-refractivity contribution in [1.82, 2.24) is 14.9 Å². The first kappa shape index (κ1) is 26.0. The molecule has 5 rings (SSSR count). The maximum atomic E-state index is 13.2. The van der Waals surface area contributed by atoms with Crippen LogP contribution < -0.4 is 10.6 Å². The Labute approximate surface area is 220 Å². The van der Waals surface area contributed by atoms with Gasteiger partial charge < -0.3 is 20.5 Å². The Balaban J connectivity index is 1.47. The van der Waals surface area contributed by atoms with Crippen LogP contribution in [0.15, 0.2) is 72.9 Å². The van der Waals surface area contributed by atoms with Crippen LogP contribution in [0.1, 0.15) is 21.6 Å². The van der Waals surface area contributed by atoms with Crippen LogP contribution in [0, 0.1) is 5.82 Å². The minimum absolute atomic E-state index is 0.00728. The number of aromatic nitrogens is 2. The van der Waals surface area contributed by atoms with E-state index < -0.39 is 24.4 Å². The molecule has 11 heteroatoms. The molecule has 3 heterocycles. The molecule has 0 saturated carbocycles. The van der Waals surface area contributed by atoms with Crippen LogP contribution in [0.3, 0.4) is 0 Å². The summed E-state index contributed by atoms with van der Waals surface area (Å²) in [4.78, 5) is 34.0. The van der Waals surface area contributed by atoms with E-state index in [0.717, 1.165) is 4.90 Å². The molecule has 0 saturated heterocycles. The summed E-state index contributed by atoms with van der Waals surface area (Å²) in [6, 6.07) is 17.8. The second kappa shape index (κ2) is 10.6. The number of H-pyrrole nitrogens is 1. The van der Waals surface area contributed by atoms with Gasteiger partial charge in [-0.2, -0.15) is 13.2 Å². The van der Waals surface area contributed by atoms with Crippen molar-refractivity contribution in [2.75, 3.05) is 23.7 Å². The number of aromatic amines is 1. The zero-order valence-electron chi connectivity index (χ0n) is 20.5. The van der Waals surface area contributed by atoms with Gasteiger partial charge in [-0.25, -0.2) is 9.37 Å². The summed E-state index contributed by atoms with van der Waals surface area (Å²) in [6.07, 6.45) is -2.82. The molecular weight excluding hydrogens is 514 g/mol. The fraction of sp³-hybridized carbons (Fsp3) is 0.179. The highest BCUT2D eigenvalue weighted by molar-refractivity contribution is 6.06. The molecule has 0 radical (unpaired) electrons. The molecular formula is C28H23F4N5O2. The quantitative estimate of drug-likeness (QED) is 0.264. The van der Waals surface area contributed by atoms with Crippen LogP contribution in [0.25, 0.3) is 11.3 Å². The van der Waals surface area contributed by atoms with E-state index in [-0.39, 0.29) is 36.7 Å². The number of hydrogen-bond donors (Lipinski definition) is 3. The number of carbonyl (C=O) groups is 2. The average molecular weight is 538 g/mol. The Kier molecular flexibility index (Phi) is 7.05. The lowest BCUT2D eigenvalue weighted by atomic mass is 10.0. The van der Waals surface area contributed by atoms with Crippen molar-refractivity contribution in [3.05, 3.63) is 95.6 Å². The van der Waals surface area contributed by atoms with E-state index in [9.17, 15) is 27.2 Å². The van der Waals surface area contributed by atoms with Gasteiger partial charge in [0.1, 0.15) is 18.2 Å². The highest BCUT2D eigenvalue weighted by Gasteiger charge is 2.38. The lowest BCUT2D eigenvalue weighted by molar-refractivity contribution is -0.141. The van der Waals surface area contributed by atoms with Gasteiger partial charge in [0, 0.05) is 36.1 Å². The summed E-state index contributed by atoms with van der Waals surface area (Å²) in [6.45, 7) is -1.41. The first-order valence-electron chi connectivity index (χ1n) is 12.1. The maximum Gasteiger partial charge on any atom is 0.406 e. The summed E-state index contributed by atoms with van der Waals surface area (Å²) in [5, 5.41) is 5.90. The average Bonchev–Trinajstić information content (AvgIpc) is 3.26. The van der Waals surface area contributed by atoms with E-state index >= 15 is 0 Å². The van der Waals surface area contributed by atoms with E-state index in [0.29, 0.717) is 33.9 Å². The fourth-order valence-electron chi connectivity index (χ4n) is 4.49. The number of anilines is 3. The maximum absolute atomic E-state index is 13.2. The van der Waals surface area contributed by atoms with Gasteiger partial charge in [0.2, 0.25) is 5.91 Å². The molecule has 0 fully saturated rings. The SMILES string of the molecule is O=C(Cc1ccc(F)cc1)Nc1cc(-c2[nH]c3c(c2Nc2ccccc2)C(=O)N(CC(F)(F)F)CC3)ccn1. The van der Waals surface area contributed by atoms with Crippen molar-refractivity contribution < 1.29 is 27.2 Å². The van der Waals surface area contributed by atoms with Crippen molar-refractivity contribution in [3.63, 3.8) is 0 Å². The summed E-state index contributed by atoms with van der Waals surface area (Å²) in [5.41, 5.74) is 3.30. The molecule has 2 aromatic carbocycles. The van der Waals surface area contributed by atoms with Crippen LogP contribution in [-0.4, -0.2) is 45.9 Å². The van der Waals surface area contributed by atoms with Crippen LogP contribution in [0.4, 0.5) is 34.8 Å². The van der Waals surface area contributed by atoms with Crippen molar-refractivity contribution in [2.24, 2.45) is 0 Å². The number of benzene rings is 2. The number of pyridine rings is 1. The Morgan fingerprint density at radius 2 is 1.79 bits per heavy atom. The predicted molar refractivity (Wildman–Crippen MR) is 138 cm³/mol. The molecule has 1 aliphatic rings. The topological polar surface area (TPSA) is 90.1 Å². The van der Waals surface area contributed by atoms with Crippen LogP contribution >= 0.6 is 0 Å². The zero-order chi connectivity index (χ0) is 27.6. The van der Waals surface area contributed by atoms with E-state index in [2.05, 4.69) is 20.6 Å². The third-order valence-corrected chi connectivity index (χ3v) is 6.22. The predicted octanol–water partition coefficient (Wildman–Crippen LogP) is 5.70. The highest BCUT2D eigenvalue weighted by atomic mass is 19.4. The summed E-state index contributed by atoms with van der Waals surface area (Å²) in [5.74, 6) is -1.25. The number of fused-ring (bicyclic) bond motifs is 1. The summed E-state index contributed by atoms with van der Waals surface area (Å²) in [7, 11) is 0. The molecule has 39 heavy (non-hydrogen) atoms. The van der Waals surface area contributed by atoms with Crippen molar-refractivity contribution in [2.45, 2.75) is 19.0 Å². The standard InChI is InChI=1S/C28H23F4N5O2/c29-19-8-6-17(7-9-19)14-23(38)36-22-15-18(10-12-33-22)25-26(34-20-4-2-1-3-5-20)24-21(35-25)11-13-37(27(24)39)16-28(30,31)32/h1-10,12,15,34-35H,11,13-14,16H2,(H,33,36,38). The smallest absolute Gasteiger partial charge is 0.356 e. The Morgan fingerprint density at radius 3 is 2.51 bits per heavy atom. The molecule has 0 spiro atoms. The van der Waals surface area contributed by atoms with Gasteiger partial charge in [-0.1, -0.05) is 30.3 Å². The third kappa shape index (κ3) is 6.08. The largest absolute Gasteiger partial charge is 0.406 e. The fourth-order valence-corrected chi connectivity index (χ4v) is 4.49. The van der Waals surface area contributed by atoms with E-state index in [1.54, 1.807) is 36.4 Å². The van der Waals surface area contributed by atoms with Crippen molar-refractivity contribution in [3.8, 4) is 11.3 Å². The molecule has 4 aromatic rings. The first-order chi connectivity index (χ1) is 18.7. The molecule has 0 atom stereocenters. The molecule has 1 aliphatic heterocycles. The van der Waals surface area contributed by atoms with Gasteiger partial charge in [0.05, 0.1) is 23.4 Å². The van der Waals surface area contributed by atoms with Crippen molar-refractivity contribution >= 4 is 29.0 Å². The number of halogens is 4. The van der Waals surface area contributed by atoms with Gasteiger partial charge in [-0.05, 0) is 42.0 Å². The van der Waals surface area contributed by atoms with Gasteiger partial charge >= 0.3 is 6.18 Å². The number of carbonyl (C=O) groups excluding carboxylic acids is 2. The first-order valence-corrected chi connectivity index (χ1v) is 12.1. The molecule has 2 aromatic heterocycles. The zero-order valence-corrected chi connectivity index (χ0v) is 20.5. The molecule has 0 bridgehead atoms. The number of alkyl halides is 3. The molecule has 200 valence electrons. The molecule has 0 unspecified atom stereocenters. The molecule has 0 aliphatic carbocycles. The number of nitrogens with one attached hydrogen (secondary N) is 3. The molecule has 3 N–H and O–H groups in total. The normalized spacial score (nSPS) is 13.2. The summed E-state index contributed by atoms with van der Waals surface area (Å²) >= 11 is 0. The summed E-state index contributed by atoms with van der Waals surface area (Å²) < 4.78 is 52.6. The lowest BCUT2D eigenvalue weighted by Gasteiger charge is -2.28. The highest BCUT2D eigenvalue weighted by Crippen LogP contribution is 2.39. The number of hydrogen-bond acceptors (Lipinski definition) is 4. The minimum atomic E-state index is -4.52. The second-order valence-electron chi connectivity index (χ2n) is 9.09. The van der Waals surface area contributed by atoms with Crippen LogP contribution in [0.5, 0.6) is 0 Å². The van der Waals surface area contributed by atoms with E-state index in [4.69, 9.17) is 0 Å². The van der Waals surface area contributed by atoms with E-state index in [1.807, 2.05) is 6.07 Å². The number of amides is 2. The van der Waals surface area contributed by atoms with Gasteiger partial charge in [-0.3, -0.25) is 9.59 Å². The second-order valence-corrected chi connectivity index (χ2v) is 9.09. The number of para-hydroxylation sites is 1. The monoisotopic (exact) mass is 537 g/mol. The van der Waals surface area contributed by atoms with Gasteiger partial charge in [0.25, 0.3) is 5.91 Å². The van der Waals surface area contributed by atoms with Crippen LogP contribution in [0.2, 0.25) is 0 Å². The van der Waals surface area contributed by atoms with Crippen LogP contribution in [-0.2, 0) is 17.6 Å². The van der Waals surface area contributed by atoms with Crippen molar-refractivity contribution in [1.29, 1.82) is 0 Å². The van der Waals surface area contributed by atoms with Gasteiger partial charge in [-0.15, -0.1) is 0 Å².